The van der Waals surface area contributed by atoms with E-state index < -0.39 is 11.7 Å². The molecule has 0 bridgehead atoms. The van der Waals surface area contributed by atoms with Crippen LogP contribution in [0.15, 0.2) is 0 Å². The van der Waals surface area contributed by atoms with E-state index in [1.807, 2.05) is 0 Å². The Hall–Kier alpha value is -0.440. The zero-order valence-electron chi connectivity index (χ0n) is 8.66. The van der Waals surface area contributed by atoms with Crippen molar-refractivity contribution in [2.24, 2.45) is 5.92 Å². The number of carbonyl (C=O) groups is 1. The molecule has 4 heteroatoms. The summed E-state index contributed by atoms with van der Waals surface area (Å²) in [6.45, 7) is 3.81. The molecule has 0 N–H and O–H groups in total. The van der Waals surface area contributed by atoms with E-state index >= 15 is 0 Å². The first-order valence-corrected chi connectivity index (χ1v) is 5.53. The second-order valence-electron chi connectivity index (χ2n) is 3.91. The van der Waals surface area contributed by atoms with Crippen LogP contribution in [0.5, 0.6) is 0 Å². The molecule has 1 saturated carbocycles. The minimum atomic E-state index is -0.646. The SMILES string of the molecule is CC1CCC(OC(=O)OC(C)Cl)CC1. The molecule has 3 nitrogen and oxygen atoms in total. The van der Waals surface area contributed by atoms with Gasteiger partial charge < -0.3 is 9.47 Å². The van der Waals surface area contributed by atoms with Gasteiger partial charge in [0.15, 0.2) is 5.56 Å². The van der Waals surface area contributed by atoms with Crippen LogP contribution in [0.4, 0.5) is 4.79 Å². The normalized spacial score (nSPS) is 29.4. The Morgan fingerprint density at radius 3 is 2.43 bits per heavy atom. The fourth-order valence-corrected chi connectivity index (χ4v) is 1.72. The Morgan fingerprint density at radius 1 is 1.36 bits per heavy atom. The van der Waals surface area contributed by atoms with Crippen molar-refractivity contribution in [3.05, 3.63) is 0 Å². The number of hydrogen-bond donors (Lipinski definition) is 0. The quantitative estimate of drug-likeness (QED) is 0.529. The predicted octanol–water partition coefficient (Wildman–Crippen LogP) is 3.30. The minimum absolute atomic E-state index is 0.0223. The second-order valence-corrected chi connectivity index (χ2v) is 4.53. The molecule has 0 radical (unpaired) electrons. The predicted molar refractivity (Wildman–Crippen MR) is 54.3 cm³/mol. The van der Waals surface area contributed by atoms with Crippen molar-refractivity contribution >= 4 is 17.8 Å². The van der Waals surface area contributed by atoms with Crippen LogP contribution in [0.25, 0.3) is 0 Å². The third kappa shape index (κ3) is 4.18. The van der Waals surface area contributed by atoms with E-state index in [4.69, 9.17) is 16.3 Å². The van der Waals surface area contributed by atoms with Crippen LogP contribution in [0.1, 0.15) is 39.5 Å². The maximum absolute atomic E-state index is 11.1. The summed E-state index contributed by atoms with van der Waals surface area (Å²) in [5.74, 6) is 0.748. The third-order valence-electron chi connectivity index (χ3n) is 2.48. The van der Waals surface area contributed by atoms with Gasteiger partial charge >= 0.3 is 6.16 Å². The molecule has 1 fully saturated rings. The van der Waals surface area contributed by atoms with Crippen molar-refractivity contribution in [2.75, 3.05) is 0 Å². The van der Waals surface area contributed by atoms with Crippen LogP contribution in [0, 0.1) is 5.92 Å². The van der Waals surface area contributed by atoms with Crippen LogP contribution >= 0.6 is 11.6 Å². The van der Waals surface area contributed by atoms with Crippen molar-refractivity contribution in [1.29, 1.82) is 0 Å². The average molecular weight is 221 g/mol. The van der Waals surface area contributed by atoms with Crippen molar-refractivity contribution in [3.63, 3.8) is 0 Å². The summed E-state index contributed by atoms with van der Waals surface area (Å²) in [5.41, 5.74) is -0.620. The molecule has 82 valence electrons. The zero-order chi connectivity index (χ0) is 10.6. The van der Waals surface area contributed by atoms with Crippen molar-refractivity contribution < 1.29 is 14.3 Å². The largest absolute Gasteiger partial charge is 0.510 e. The molecule has 0 aromatic carbocycles. The molecule has 1 aliphatic carbocycles. The van der Waals surface area contributed by atoms with E-state index in [0.29, 0.717) is 0 Å². The van der Waals surface area contributed by atoms with Crippen LogP contribution in [0.3, 0.4) is 0 Å². The summed E-state index contributed by atoms with van der Waals surface area (Å²) in [4.78, 5) is 11.1. The van der Waals surface area contributed by atoms with Gasteiger partial charge in [0.2, 0.25) is 0 Å². The van der Waals surface area contributed by atoms with E-state index in [1.54, 1.807) is 6.92 Å². The molecule has 0 saturated heterocycles. The zero-order valence-corrected chi connectivity index (χ0v) is 9.42. The molecule has 0 aliphatic heterocycles. The van der Waals surface area contributed by atoms with Gasteiger partial charge in [0.25, 0.3) is 0 Å². The molecule has 1 atom stereocenters. The summed E-state index contributed by atoms with van der Waals surface area (Å²) in [5, 5.41) is 0. The van der Waals surface area contributed by atoms with Gasteiger partial charge in [0, 0.05) is 0 Å². The molecule has 0 aromatic heterocycles. The first-order chi connectivity index (χ1) is 6.58. The summed E-state index contributed by atoms with van der Waals surface area (Å²) in [6, 6.07) is 0. The van der Waals surface area contributed by atoms with E-state index in [9.17, 15) is 4.79 Å². The van der Waals surface area contributed by atoms with Crippen LogP contribution in [-0.4, -0.2) is 17.8 Å². The van der Waals surface area contributed by atoms with Gasteiger partial charge in [-0.1, -0.05) is 18.5 Å². The van der Waals surface area contributed by atoms with E-state index in [2.05, 4.69) is 11.7 Å². The monoisotopic (exact) mass is 220 g/mol. The molecule has 0 amide bonds. The summed E-state index contributed by atoms with van der Waals surface area (Å²) in [6.07, 6.45) is 3.49. The van der Waals surface area contributed by atoms with Crippen molar-refractivity contribution in [1.82, 2.24) is 0 Å². The highest BCUT2D eigenvalue weighted by Gasteiger charge is 2.22. The summed E-state index contributed by atoms with van der Waals surface area (Å²) in [7, 11) is 0. The topological polar surface area (TPSA) is 35.5 Å². The number of hydrogen-bond acceptors (Lipinski definition) is 3. The highest BCUT2D eigenvalue weighted by Crippen LogP contribution is 2.25. The molecular weight excluding hydrogens is 204 g/mol. The highest BCUT2D eigenvalue weighted by atomic mass is 35.5. The van der Waals surface area contributed by atoms with Crippen LogP contribution < -0.4 is 0 Å². The molecule has 1 aliphatic rings. The molecular formula is C10H17ClO3. The smallest absolute Gasteiger partial charge is 0.431 e. The maximum atomic E-state index is 11.1. The van der Waals surface area contributed by atoms with Gasteiger partial charge in [0.1, 0.15) is 6.10 Å². The van der Waals surface area contributed by atoms with Gasteiger partial charge in [-0.25, -0.2) is 4.79 Å². The van der Waals surface area contributed by atoms with Crippen molar-refractivity contribution in [2.45, 2.75) is 51.2 Å². The average Bonchev–Trinajstić information content (AvgIpc) is 2.07. The number of carbonyl (C=O) groups excluding carboxylic acids is 1. The minimum Gasteiger partial charge on any atom is -0.431 e. The van der Waals surface area contributed by atoms with E-state index in [0.717, 1.165) is 31.6 Å². The standard InChI is InChI=1S/C10H17ClO3/c1-7-3-5-9(6-4-7)14-10(12)13-8(2)11/h7-9H,3-6H2,1-2H3. The van der Waals surface area contributed by atoms with E-state index in [1.165, 1.54) is 0 Å². The van der Waals surface area contributed by atoms with Gasteiger partial charge in [-0.15, -0.1) is 0 Å². The lowest BCUT2D eigenvalue weighted by Crippen LogP contribution is -2.24. The first-order valence-electron chi connectivity index (χ1n) is 5.09. The number of alkyl halides is 1. The van der Waals surface area contributed by atoms with Crippen molar-refractivity contribution in [3.8, 4) is 0 Å². The lowest BCUT2D eigenvalue weighted by molar-refractivity contribution is 0.00296. The Bertz CT molecular complexity index is 186. The van der Waals surface area contributed by atoms with Gasteiger partial charge in [-0.2, -0.15) is 0 Å². The fraction of sp³-hybridized carbons (Fsp3) is 0.900. The van der Waals surface area contributed by atoms with Gasteiger partial charge in [-0.3, -0.25) is 0 Å². The number of rotatable bonds is 2. The van der Waals surface area contributed by atoms with E-state index in [-0.39, 0.29) is 6.10 Å². The second kappa shape index (κ2) is 5.44. The highest BCUT2D eigenvalue weighted by molar-refractivity contribution is 6.19. The number of ether oxygens (including phenoxy) is 2. The lowest BCUT2D eigenvalue weighted by atomic mass is 9.89. The Labute approximate surface area is 89.7 Å². The molecule has 14 heavy (non-hydrogen) atoms. The molecule has 1 rings (SSSR count). The Kier molecular flexibility index (Phi) is 4.52. The summed E-state index contributed by atoms with van der Waals surface area (Å²) < 4.78 is 9.79. The maximum Gasteiger partial charge on any atom is 0.510 e. The Balaban J connectivity index is 2.20. The summed E-state index contributed by atoms with van der Waals surface area (Å²) >= 11 is 5.49. The number of halogens is 1. The fourth-order valence-electron chi connectivity index (χ4n) is 1.64. The first kappa shape index (κ1) is 11.6. The van der Waals surface area contributed by atoms with Gasteiger partial charge in [0.05, 0.1) is 0 Å². The Morgan fingerprint density at radius 2 is 1.93 bits per heavy atom. The third-order valence-corrected chi connectivity index (χ3v) is 2.57. The lowest BCUT2D eigenvalue weighted by Gasteiger charge is -2.25. The molecule has 0 aromatic rings. The molecule has 1 unspecified atom stereocenters. The molecule has 0 heterocycles. The van der Waals surface area contributed by atoms with Crippen LogP contribution in [0.2, 0.25) is 0 Å². The van der Waals surface area contributed by atoms with Crippen LogP contribution in [-0.2, 0) is 9.47 Å². The molecule has 0 spiro atoms. The van der Waals surface area contributed by atoms with Gasteiger partial charge in [-0.05, 0) is 38.5 Å².